The van der Waals surface area contributed by atoms with Crippen LogP contribution in [-0.2, 0) is 0 Å². The van der Waals surface area contributed by atoms with Gasteiger partial charge in [-0.15, -0.1) is 0 Å². The van der Waals surface area contributed by atoms with Crippen molar-refractivity contribution in [3.05, 3.63) is 58.1 Å². The number of phenolic OH excluding ortho intramolecular Hbond substituents is 1. The van der Waals surface area contributed by atoms with E-state index in [9.17, 15) is 5.11 Å². The van der Waals surface area contributed by atoms with Gasteiger partial charge in [0.05, 0.1) is 11.8 Å². The number of halogens is 1. The van der Waals surface area contributed by atoms with Crippen LogP contribution in [0.4, 0.5) is 0 Å². The number of benzene rings is 2. The van der Waals surface area contributed by atoms with Crippen LogP contribution in [0.5, 0.6) is 11.5 Å². The molecule has 1 N–H and O–H groups in total. The number of phenols is 1. The van der Waals surface area contributed by atoms with Crippen LogP contribution in [0.15, 0.2) is 52.0 Å². The molecule has 0 saturated carbocycles. The topological polar surface area (TPSA) is 45.1 Å². The summed E-state index contributed by atoms with van der Waals surface area (Å²) in [5, 5.41) is 17.1. The van der Waals surface area contributed by atoms with Crippen LogP contribution in [0.25, 0.3) is 0 Å². The van der Waals surface area contributed by atoms with Gasteiger partial charge in [-0.2, -0.15) is 16.9 Å². The van der Waals surface area contributed by atoms with Crippen molar-refractivity contribution in [3.63, 3.8) is 0 Å². The van der Waals surface area contributed by atoms with E-state index >= 15 is 0 Å². The summed E-state index contributed by atoms with van der Waals surface area (Å²) in [5.74, 6) is 2.22. The van der Waals surface area contributed by atoms with Crippen LogP contribution in [0, 0.1) is 0 Å². The average Bonchev–Trinajstić information content (AvgIpc) is 3.06. The molecule has 0 amide bonds. The lowest BCUT2D eigenvalue weighted by Gasteiger charge is -2.38. The summed E-state index contributed by atoms with van der Waals surface area (Å²) in [4.78, 5) is 0. The van der Waals surface area contributed by atoms with E-state index in [1.807, 2.05) is 42.1 Å². The number of ether oxygens (including phenoxy) is 1. The van der Waals surface area contributed by atoms with E-state index < -0.39 is 0 Å². The van der Waals surface area contributed by atoms with Crippen molar-refractivity contribution < 1.29 is 9.84 Å². The molecular formula is C19H19BrN2O2S. The van der Waals surface area contributed by atoms with Crippen LogP contribution in [0.1, 0.15) is 30.0 Å². The molecule has 2 aliphatic heterocycles. The third kappa shape index (κ3) is 3.13. The van der Waals surface area contributed by atoms with Gasteiger partial charge in [0.15, 0.2) is 6.23 Å². The van der Waals surface area contributed by atoms with Crippen LogP contribution in [0.3, 0.4) is 0 Å². The fourth-order valence-corrected chi connectivity index (χ4v) is 4.24. The summed E-state index contributed by atoms with van der Waals surface area (Å²) < 4.78 is 7.28. The van der Waals surface area contributed by atoms with Gasteiger partial charge < -0.3 is 9.84 Å². The van der Waals surface area contributed by atoms with Gasteiger partial charge in [-0.25, -0.2) is 0 Å². The van der Waals surface area contributed by atoms with E-state index in [2.05, 4.69) is 33.3 Å². The molecule has 4 nitrogen and oxygen atoms in total. The van der Waals surface area contributed by atoms with E-state index in [0.29, 0.717) is 0 Å². The van der Waals surface area contributed by atoms with E-state index in [-0.39, 0.29) is 18.0 Å². The van der Waals surface area contributed by atoms with Crippen molar-refractivity contribution in [2.24, 2.45) is 5.10 Å². The lowest BCUT2D eigenvalue weighted by Crippen LogP contribution is -2.40. The van der Waals surface area contributed by atoms with Gasteiger partial charge in [0.25, 0.3) is 0 Å². The fourth-order valence-electron chi connectivity index (χ4n) is 3.42. The van der Waals surface area contributed by atoms with Crippen molar-refractivity contribution in [3.8, 4) is 11.5 Å². The minimum absolute atomic E-state index is 0.0746. The quantitative estimate of drug-likeness (QED) is 0.775. The Morgan fingerprint density at radius 2 is 2.16 bits per heavy atom. The van der Waals surface area contributed by atoms with Gasteiger partial charge in [-0.1, -0.05) is 28.1 Å². The molecule has 0 fully saturated rings. The molecule has 2 aromatic carbocycles. The first-order valence-corrected chi connectivity index (χ1v) is 10.5. The van der Waals surface area contributed by atoms with Crippen molar-refractivity contribution >= 4 is 33.4 Å². The van der Waals surface area contributed by atoms with Gasteiger partial charge in [-0.3, -0.25) is 5.01 Å². The Balaban J connectivity index is 1.73. The SMILES string of the molecule is CSCC[C@H]1Oc2ccc(Br)cc2[C@@H]2CC(c3ccccc3O)=NN12. The zero-order chi connectivity index (χ0) is 17.4. The molecule has 2 aliphatic rings. The number of hydrazone groups is 1. The lowest BCUT2D eigenvalue weighted by atomic mass is 9.96. The zero-order valence-corrected chi connectivity index (χ0v) is 16.3. The Bertz CT molecular complexity index is 827. The fraction of sp³-hybridized carbons (Fsp3) is 0.316. The smallest absolute Gasteiger partial charge is 0.188 e. The molecule has 0 bridgehead atoms. The van der Waals surface area contributed by atoms with Crippen LogP contribution >= 0.6 is 27.7 Å². The molecule has 0 radical (unpaired) electrons. The molecule has 0 unspecified atom stereocenters. The lowest BCUT2D eigenvalue weighted by molar-refractivity contribution is -0.0180. The van der Waals surface area contributed by atoms with Crippen molar-refractivity contribution in [2.45, 2.75) is 25.1 Å². The molecule has 6 heteroatoms. The number of hydrogen-bond donors (Lipinski definition) is 1. The number of fused-ring (bicyclic) bond motifs is 3. The van der Waals surface area contributed by atoms with Gasteiger partial charge >= 0.3 is 0 Å². The highest BCUT2D eigenvalue weighted by Crippen LogP contribution is 2.45. The molecular weight excluding hydrogens is 400 g/mol. The van der Waals surface area contributed by atoms with Gasteiger partial charge in [-0.05, 0) is 42.3 Å². The predicted octanol–water partition coefficient (Wildman–Crippen LogP) is 4.78. The second-order valence-electron chi connectivity index (χ2n) is 6.20. The van der Waals surface area contributed by atoms with E-state index in [1.54, 1.807) is 6.07 Å². The molecule has 130 valence electrons. The molecule has 2 heterocycles. The second kappa shape index (κ2) is 6.92. The summed E-state index contributed by atoms with van der Waals surface area (Å²) >= 11 is 5.37. The predicted molar refractivity (Wildman–Crippen MR) is 105 cm³/mol. The Morgan fingerprint density at radius 3 is 2.96 bits per heavy atom. The highest BCUT2D eigenvalue weighted by Gasteiger charge is 2.40. The third-order valence-corrected chi connectivity index (χ3v) is 5.75. The maximum atomic E-state index is 10.2. The Labute approximate surface area is 160 Å². The maximum absolute atomic E-state index is 10.2. The van der Waals surface area contributed by atoms with Crippen molar-refractivity contribution in [1.82, 2.24) is 5.01 Å². The standard InChI is InChI=1S/C19H19BrN2O2S/c1-25-9-8-19-22-16(14-10-12(20)6-7-18(14)24-19)11-15(21-22)13-4-2-3-5-17(13)23/h2-7,10,16,19,23H,8-9,11H2,1H3/t16-,19+/m0/s1. The number of para-hydroxylation sites is 1. The van der Waals surface area contributed by atoms with Gasteiger partial charge in [0, 0.05) is 28.4 Å². The highest BCUT2D eigenvalue weighted by atomic mass is 79.9. The molecule has 2 aromatic rings. The molecule has 4 rings (SSSR count). The molecule has 0 aliphatic carbocycles. The average molecular weight is 419 g/mol. The molecule has 0 saturated heterocycles. The van der Waals surface area contributed by atoms with Crippen LogP contribution in [-0.4, -0.2) is 34.1 Å². The largest absolute Gasteiger partial charge is 0.507 e. The first-order valence-electron chi connectivity index (χ1n) is 8.26. The van der Waals surface area contributed by atoms with E-state index in [1.165, 1.54) is 0 Å². The summed E-state index contributed by atoms with van der Waals surface area (Å²) in [6.45, 7) is 0. The van der Waals surface area contributed by atoms with Crippen LogP contribution in [0.2, 0.25) is 0 Å². The monoisotopic (exact) mass is 418 g/mol. The first-order chi connectivity index (χ1) is 12.2. The van der Waals surface area contributed by atoms with Crippen LogP contribution < -0.4 is 4.74 Å². The highest BCUT2D eigenvalue weighted by molar-refractivity contribution is 9.10. The molecule has 25 heavy (non-hydrogen) atoms. The minimum Gasteiger partial charge on any atom is -0.507 e. The number of nitrogens with zero attached hydrogens (tertiary/aromatic N) is 2. The maximum Gasteiger partial charge on any atom is 0.188 e. The van der Waals surface area contributed by atoms with Gasteiger partial charge in [0.2, 0.25) is 0 Å². The minimum atomic E-state index is -0.0746. The summed E-state index contributed by atoms with van der Waals surface area (Å²) in [7, 11) is 0. The van der Waals surface area contributed by atoms with E-state index in [0.717, 1.165) is 45.7 Å². The molecule has 0 spiro atoms. The molecule has 2 atom stereocenters. The first kappa shape index (κ1) is 16.8. The zero-order valence-electron chi connectivity index (χ0n) is 13.9. The van der Waals surface area contributed by atoms with Gasteiger partial charge in [0.1, 0.15) is 11.5 Å². The van der Waals surface area contributed by atoms with Crippen molar-refractivity contribution in [1.29, 1.82) is 0 Å². The Morgan fingerprint density at radius 1 is 1.32 bits per heavy atom. The number of aromatic hydroxyl groups is 1. The Kier molecular flexibility index (Phi) is 4.65. The number of hydrogen-bond acceptors (Lipinski definition) is 5. The molecule has 0 aromatic heterocycles. The Hall–Kier alpha value is -1.66. The van der Waals surface area contributed by atoms with E-state index in [4.69, 9.17) is 9.84 Å². The normalized spacial score (nSPS) is 21.4. The summed E-state index contributed by atoms with van der Waals surface area (Å²) in [6.07, 6.45) is 3.70. The number of rotatable bonds is 4. The summed E-state index contributed by atoms with van der Waals surface area (Å²) in [5.41, 5.74) is 2.86. The summed E-state index contributed by atoms with van der Waals surface area (Å²) in [6, 6.07) is 13.7. The second-order valence-corrected chi connectivity index (χ2v) is 8.10. The van der Waals surface area contributed by atoms with Crippen molar-refractivity contribution in [2.75, 3.05) is 12.0 Å². The third-order valence-electron chi connectivity index (χ3n) is 4.61. The number of thioether (sulfide) groups is 1.